The Morgan fingerprint density at radius 1 is 0.929 bits per heavy atom. The zero-order chi connectivity index (χ0) is 31.0. The molecule has 11 heteroatoms. The van der Waals surface area contributed by atoms with Gasteiger partial charge in [-0.25, -0.2) is 8.42 Å². The van der Waals surface area contributed by atoms with E-state index in [9.17, 15) is 18.0 Å². The first kappa shape index (κ1) is 32.9. The van der Waals surface area contributed by atoms with E-state index in [1.165, 1.54) is 37.3 Å². The number of methoxy groups -OCH3 is 2. The number of benzene rings is 3. The Kier molecular flexibility index (Phi) is 11.4. The number of halogens is 1. The second-order valence-corrected chi connectivity index (χ2v) is 12.8. The van der Waals surface area contributed by atoms with Crippen LogP contribution in [0.1, 0.15) is 38.3 Å². The second kappa shape index (κ2) is 14.6. The van der Waals surface area contributed by atoms with Gasteiger partial charge in [0.2, 0.25) is 11.8 Å². The van der Waals surface area contributed by atoms with E-state index in [4.69, 9.17) is 9.47 Å². The fourth-order valence-corrected chi connectivity index (χ4v) is 5.87. The lowest BCUT2D eigenvalue weighted by atomic mass is 10.1. The summed E-state index contributed by atoms with van der Waals surface area (Å²) in [6, 6.07) is 17.6. The van der Waals surface area contributed by atoms with Crippen molar-refractivity contribution in [1.29, 1.82) is 0 Å². The maximum absolute atomic E-state index is 14.1. The number of hydrogen-bond donors (Lipinski definition) is 1. The molecule has 0 aromatic heterocycles. The summed E-state index contributed by atoms with van der Waals surface area (Å²) in [5.74, 6) is -0.244. The molecule has 0 fully saturated rings. The van der Waals surface area contributed by atoms with Gasteiger partial charge in [-0.1, -0.05) is 52.7 Å². The molecule has 3 aromatic carbocycles. The van der Waals surface area contributed by atoms with Crippen molar-refractivity contribution in [2.45, 2.75) is 57.6 Å². The van der Waals surface area contributed by atoms with Gasteiger partial charge in [-0.15, -0.1) is 0 Å². The summed E-state index contributed by atoms with van der Waals surface area (Å²) in [6.45, 7) is 6.96. The van der Waals surface area contributed by atoms with E-state index in [-0.39, 0.29) is 29.1 Å². The Morgan fingerprint density at radius 3 is 2.12 bits per heavy atom. The van der Waals surface area contributed by atoms with Gasteiger partial charge in [0.05, 0.1) is 24.8 Å². The number of hydrogen-bond acceptors (Lipinski definition) is 6. The smallest absolute Gasteiger partial charge is 0.264 e. The number of sulfonamides is 1. The quantitative estimate of drug-likeness (QED) is 0.267. The van der Waals surface area contributed by atoms with Crippen LogP contribution >= 0.6 is 15.9 Å². The van der Waals surface area contributed by atoms with Crippen LogP contribution in [0.3, 0.4) is 0 Å². The average molecular weight is 661 g/mol. The number of aryl methyl sites for hydroxylation is 1. The van der Waals surface area contributed by atoms with Crippen molar-refractivity contribution in [2.24, 2.45) is 0 Å². The summed E-state index contributed by atoms with van der Waals surface area (Å²) >= 11 is 3.42. The van der Waals surface area contributed by atoms with Crippen molar-refractivity contribution in [2.75, 3.05) is 25.1 Å². The highest BCUT2D eigenvalue weighted by Crippen LogP contribution is 2.32. The molecule has 0 aliphatic heterocycles. The van der Waals surface area contributed by atoms with Crippen molar-refractivity contribution in [3.8, 4) is 11.5 Å². The van der Waals surface area contributed by atoms with E-state index >= 15 is 0 Å². The van der Waals surface area contributed by atoms with E-state index in [0.717, 1.165) is 26.3 Å². The van der Waals surface area contributed by atoms with Crippen molar-refractivity contribution in [3.05, 3.63) is 82.3 Å². The van der Waals surface area contributed by atoms with Crippen LogP contribution in [0.25, 0.3) is 0 Å². The van der Waals surface area contributed by atoms with E-state index in [1.807, 2.05) is 45.0 Å². The number of nitrogens with zero attached hydrogens (tertiary/aromatic N) is 2. The number of ether oxygens (including phenoxy) is 2. The molecule has 3 aromatic rings. The van der Waals surface area contributed by atoms with E-state index < -0.39 is 28.5 Å². The minimum absolute atomic E-state index is 0.0736. The van der Waals surface area contributed by atoms with Gasteiger partial charge >= 0.3 is 0 Å². The fraction of sp³-hybridized carbons (Fsp3) is 0.355. The van der Waals surface area contributed by atoms with Crippen LogP contribution in [0.2, 0.25) is 0 Å². The van der Waals surface area contributed by atoms with Crippen LogP contribution in [-0.2, 0) is 26.2 Å². The standard InChI is InChI=1S/C31H38BrN3O6S/c1-7-22(3)33-31(37)23(4)34(19-24-10-12-25(32)13-11-24)30(36)20-35(26-14-8-21(2)9-15-26)42(38,39)27-16-17-28(40-5)29(18-27)41-6/h8-18,22-23H,7,19-20H2,1-6H3,(H,33,37)/t22-,23+/m0/s1. The Morgan fingerprint density at radius 2 is 1.55 bits per heavy atom. The fourth-order valence-electron chi connectivity index (χ4n) is 4.18. The Labute approximate surface area is 257 Å². The normalized spacial score (nSPS) is 12.6. The number of amides is 2. The molecule has 0 saturated carbocycles. The van der Waals surface area contributed by atoms with Crippen molar-refractivity contribution >= 4 is 43.5 Å². The molecule has 9 nitrogen and oxygen atoms in total. The van der Waals surface area contributed by atoms with Crippen molar-refractivity contribution < 1.29 is 27.5 Å². The number of nitrogens with one attached hydrogen (secondary N) is 1. The first-order chi connectivity index (χ1) is 19.9. The van der Waals surface area contributed by atoms with Gasteiger partial charge in [0.15, 0.2) is 11.5 Å². The predicted octanol–water partition coefficient (Wildman–Crippen LogP) is 5.30. The van der Waals surface area contributed by atoms with Crippen LogP contribution in [0.5, 0.6) is 11.5 Å². The number of rotatable bonds is 13. The second-order valence-electron chi connectivity index (χ2n) is 10.0. The molecule has 0 saturated heterocycles. The predicted molar refractivity (Wildman–Crippen MR) is 167 cm³/mol. The third kappa shape index (κ3) is 8.04. The molecule has 0 unspecified atom stereocenters. The number of anilines is 1. The van der Waals surface area contributed by atoms with Gasteiger partial charge in [-0.3, -0.25) is 13.9 Å². The highest BCUT2D eigenvalue weighted by atomic mass is 79.9. The van der Waals surface area contributed by atoms with Crippen LogP contribution in [0.15, 0.2) is 76.1 Å². The highest BCUT2D eigenvalue weighted by molar-refractivity contribution is 9.10. The third-order valence-corrected chi connectivity index (χ3v) is 9.28. The van der Waals surface area contributed by atoms with Gasteiger partial charge in [0, 0.05) is 23.1 Å². The van der Waals surface area contributed by atoms with Gasteiger partial charge in [0.25, 0.3) is 10.0 Å². The van der Waals surface area contributed by atoms with Crippen molar-refractivity contribution in [3.63, 3.8) is 0 Å². The molecule has 1 N–H and O–H groups in total. The maximum atomic E-state index is 14.1. The highest BCUT2D eigenvalue weighted by Gasteiger charge is 2.33. The molecule has 226 valence electrons. The maximum Gasteiger partial charge on any atom is 0.264 e. The summed E-state index contributed by atoms with van der Waals surface area (Å²) in [5.41, 5.74) is 2.03. The van der Waals surface area contributed by atoms with E-state index in [2.05, 4.69) is 21.2 Å². The largest absolute Gasteiger partial charge is 0.493 e. The Balaban J connectivity index is 2.06. The zero-order valence-electron chi connectivity index (χ0n) is 24.8. The Hall–Kier alpha value is -3.57. The summed E-state index contributed by atoms with van der Waals surface area (Å²) in [5, 5.41) is 2.93. The molecule has 3 rings (SSSR count). The molecule has 2 amide bonds. The van der Waals surface area contributed by atoms with Crippen molar-refractivity contribution in [1.82, 2.24) is 10.2 Å². The van der Waals surface area contributed by atoms with E-state index in [0.29, 0.717) is 11.4 Å². The minimum atomic E-state index is -4.26. The van der Waals surface area contributed by atoms with Gasteiger partial charge in [0.1, 0.15) is 12.6 Å². The monoisotopic (exact) mass is 659 g/mol. The van der Waals surface area contributed by atoms with Crippen LogP contribution in [-0.4, -0.2) is 58.0 Å². The lowest BCUT2D eigenvalue weighted by molar-refractivity contribution is -0.139. The molecule has 0 radical (unpaired) electrons. The zero-order valence-corrected chi connectivity index (χ0v) is 27.2. The van der Waals surface area contributed by atoms with Crippen LogP contribution < -0.4 is 19.1 Å². The van der Waals surface area contributed by atoms with Gasteiger partial charge < -0.3 is 19.7 Å². The molecule has 0 bridgehead atoms. The topological polar surface area (TPSA) is 105 Å². The average Bonchev–Trinajstić information content (AvgIpc) is 2.98. The molecule has 0 aliphatic rings. The lowest BCUT2D eigenvalue weighted by Crippen LogP contribution is -2.52. The SMILES string of the molecule is CC[C@H](C)NC(=O)[C@@H](C)N(Cc1ccc(Br)cc1)C(=O)CN(c1ccc(C)cc1)S(=O)(=O)c1ccc(OC)c(OC)c1. The van der Waals surface area contributed by atoms with Gasteiger partial charge in [-0.2, -0.15) is 0 Å². The van der Waals surface area contributed by atoms with E-state index in [1.54, 1.807) is 31.2 Å². The third-order valence-electron chi connectivity index (χ3n) is 6.98. The summed E-state index contributed by atoms with van der Waals surface area (Å²) in [6.07, 6.45) is 0.726. The first-order valence-corrected chi connectivity index (χ1v) is 15.8. The molecule has 0 aliphatic carbocycles. The lowest BCUT2D eigenvalue weighted by Gasteiger charge is -2.32. The Bertz CT molecular complexity index is 1480. The first-order valence-electron chi connectivity index (χ1n) is 13.6. The number of carbonyl (C=O) groups is 2. The number of carbonyl (C=O) groups excluding carboxylic acids is 2. The molecular weight excluding hydrogens is 622 g/mol. The van der Waals surface area contributed by atoms with Gasteiger partial charge in [-0.05, 0) is 69.2 Å². The molecular formula is C31H38BrN3O6S. The van der Waals surface area contributed by atoms with Crippen LogP contribution in [0, 0.1) is 6.92 Å². The molecule has 42 heavy (non-hydrogen) atoms. The minimum Gasteiger partial charge on any atom is -0.493 e. The summed E-state index contributed by atoms with van der Waals surface area (Å²) in [4.78, 5) is 28.6. The molecule has 0 heterocycles. The summed E-state index contributed by atoms with van der Waals surface area (Å²) < 4.78 is 40.7. The molecule has 0 spiro atoms. The molecule has 2 atom stereocenters. The van der Waals surface area contributed by atoms with Crippen LogP contribution in [0.4, 0.5) is 5.69 Å². The summed E-state index contributed by atoms with van der Waals surface area (Å²) in [7, 11) is -1.38.